The zero-order valence-corrected chi connectivity index (χ0v) is 15.5. The lowest BCUT2D eigenvalue weighted by Gasteiger charge is -2.38. The molecule has 1 heterocycles. The third-order valence-corrected chi connectivity index (χ3v) is 7.27. The fourth-order valence-corrected chi connectivity index (χ4v) is 5.30. The van der Waals surface area contributed by atoms with Gasteiger partial charge in [-0.05, 0) is 50.4 Å². The number of benzene rings is 1. The SMILES string of the molecule is CCC(C)CC(N1CCC(C(F)(F)F)CC1)S(=O)(=O)c1ccccc1. The summed E-state index contributed by atoms with van der Waals surface area (Å²) in [6, 6.07) is 8.20. The predicted molar refractivity (Wildman–Crippen MR) is 91.8 cm³/mol. The van der Waals surface area contributed by atoms with Crippen LogP contribution in [0.15, 0.2) is 35.2 Å². The van der Waals surface area contributed by atoms with E-state index in [9.17, 15) is 21.6 Å². The minimum atomic E-state index is -4.20. The van der Waals surface area contributed by atoms with E-state index in [0.717, 1.165) is 6.42 Å². The summed E-state index contributed by atoms with van der Waals surface area (Å²) >= 11 is 0. The molecule has 142 valence electrons. The Morgan fingerprint density at radius 2 is 1.72 bits per heavy atom. The number of nitrogens with zero attached hydrogens (tertiary/aromatic N) is 1. The first-order valence-corrected chi connectivity index (χ1v) is 10.3. The van der Waals surface area contributed by atoms with E-state index in [2.05, 4.69) is 0 Å². The van der Waals surface area contributed by atoms with Crippen LogP contribution in [0.25, 0.3) is 0 Å². The van der Waals surface area contributed by atoms with Crippen LogP contribution in [0.1, 0.15) is 39.5 Å². The number of halogens is 3. The molecule has 1 aliphatic heterocycles. The highest BCUT2D eigenvalue weighted by molar-refractivity contribution is 7.92. The molecule has 0 saturated carbocycles. The second-order valence-corrected chi connectivity index (χ2v) is 9.02. The quantitative estimate of drug-likeness (QED) is 0.733. The summed E-state index contributed by atoms with van der Waals surface area (Å²) in [6.07, 6.45) is -3.00. The molecule has 7 heteroatoms. The average Bonchev–Trinajstić information content (AvgIpc) is 2.59. The molecule has 0 amide bonds. The molecule has 1 aromatic rings. The molecule has 0 spiro atoms. The van der Waals surface area contributed by atoms with Crippen LogP contribution in [-0.4, -0.2) is 38.0 Å². The molecule has 2 atom stereocenters. The van der Waals surface area contributed by atoms with Gasteiger partial charge in [-0.15, -0.1) is 0 Å². The summed E-state index contributed by atoms with van der Waals surface area (Å²) in [5.74, 6) is -1.14. The standard InChI is InChI=1S/C18H26F3NO2S/c1-3-14(2)13-17(25(23,24)16-7-5-4-6-8-16)22-11-9-15(10-12-22)18(19,20)21/h4-8,14-15,17H,3,9-13H2,1-2H3. The maximum absolute atomic E-state index is 13.1. The topological polar surface area (TPSA) is 37.4 Å². The molecule has 1 aliphatic rings. The van der Waals surface area contributed by atoms with E-state index in [4.69, 9.17) is 0 Å². The van der Waals surface area contributed by atoms with Crippen LogP contribution in [0.5, 0.6) is 0 Å². The Labute approximate surface area is 148 Å². The molecule has 25 heavy (non-hydrogen) atoms. The highest BCUT2D eigenvalue weighted by atomic mass is 32.2. The summed E-state index contributed by atoms with van der Waals surface area (Å²) in [5, 5.41) is -0.765. The van der Waals surface area contributed by atoms with Gasteiger partial charge in [0.2, 0.25) is 0 Å². The highest BCUT2D eigenvalue weighted by Crippen LogP contribution is 2.36. The van der Waals surface area contributed by atoms with Crippen molar-refractivity contribution in [2.75, 3.05) is 13.1 Å². The van der Waals surface area contributed by atoms with Crippen LogP contribution in [0.3, 0.4) is 0 Å². The predicted octanol–water partition coefficient (Wildman–Crippen LogP) is 4.50. The minimum Gasteiger partial charge on any atom is -0.287 e. The van der Waals surface area contributed by atoms with Gasteiger partial charge in [-0.25, -0.2) is 8.42 Å². The van der Waals surface area contributed by atoms with Crippen molar-refractivity contribution in [1.82, 2.24) is 4.90 Å². The molecule has 0 aliphatic carbocycles. The van der Waals surface area contributed by atoms with E-state index >= 15 is 0 Å². The first-order valence-electron chi connectivity index (χ1n) is 8.76. The smallest absolute Gasteiger partial charge is 0.287 e. The third kappa shape index (κ3) is 4.97. The van der Waals surface area contributed by atoms with Crippen LogP contribution in [0.4, 0.5) is 13.2 Å². The van der Waals surface area contributed by atoms with Crippen molar-refractivity contribution in [2.24, 2.45) is 11.8 Å². The number of sulfone groups is 1. The monoisotopic (exact) mass is 377 g/mol. The van der Waals surface area contributed by atoms with Gasteiger partial charge in [0.05, 0.1) is 10.8 Å². The molecule has 0 radical (unpaired) electrons. The van der Waals surface area contributed by atoms with E-state index in [1.807, 2.05) is 13.8 Å². The Morgan fingerprint density at radius 1 is 1.16 bits per heavy atom. The molecule has 0 aromatic heterocycles. The summed E-state index contributed by atoms with van der Waals surface area (Å²) in [7, 11) is -3.61. The summed E-state index contributed by atoms with van der Waals surface area (Å²) in [6.45, 7) is 4.30. The van der Waals surface area contributed by atoms with Gasteiger partial charge in [0.15, 0.2) is 9.84 Å². The van der Waals surface area contributed by atoms with Crippen LogP contribution in [-0.2, 0) is 9.84 Å². The van der Waals surface area contributed by atoms with Gasteiger partial charge in [-0.2, -0.15) is 13.2 Å². The average molecular weight is 377 g/mol. The van der Waals surface area contributed by atoms with E-state index in [1.54, 1.807) is 35.2 Å². The fourth-order valence-electron chi connectivity index (χ4n) is 3.26. The number of likely N-dealkylation sites (tertiary alicyclic amines) is 1. The number of piperidine rings is 1. The first-order chi connectivity index (χ1) is 11.7. The van der Waals surface area contributed by atoms with Gasteiger partial charge in [0.1, 0.15) is 5.37 Å². The molecule has 1 aromatic carbocycles. The second kappa shape index (κ2) is 8.08. The summed E-state index contributed by atoms with van der Waals surface area (Å²) < 4.78 is 64.9. The van der Waals surface area contributed by atoms with Crippen molar-refractivity contribution in [3.8, 4) is 0 Å². The Kier molecular flexibility index (Phi) is 6.54. The van der Waals surface area contributed by atoms with Crippen molar-refractivity contribution in [1.29, 1.82) is 0 Å². The first kappa shape index (κ1) is 20.2. The normalized spacial score (nSPS) is 20.4. The molecule has 2 rings (SSSR count). The Balaban J connectivity index is 2.23. The molecule has 2 unspecified atom stereocenters. The molecule has 0 bridgehead atoms. The van der Waals surface area contributed by atoms with Gasteiger partial charge in [-0.3, -0.25) is 4.90 Å². The van der Waals surface area contributed by atoms with E-state index in [1.165, 1.54) is 0 Å². The number of alkyl halides is 3. The van der Waals surface area contributed by atoms with E-state index < -0.39 is 27.3 Å². The lowest BCUT2D eigenvalue weighted by atomic mass is 9.95. The second-order valence-electron chi connectivity index (χ2n) is 6.91. The maximum atomic E-state index is 13.1. The molecule has 0 N–H and O–H groups in total. The van der Waals surface area contributed by atoms with Gasteiger partial charge < -0.3 is 0 Å². The van der Waals surface area contributed by atoms with Gasteiger partial charge in [0, 0.05) is 0 Å². The maximum Gasteiger partial charge on any atom is 0.391 e. The van der Waals surface area contributed by atoms with Crippen molar-refractivity contribution in [2.45, 2.75) is 56.0 Å². The largest absolute Gasteiger partial charge is 0.391 e. The van der Waals surface area contributed by atoms with Gasteiger partial charge in [0.25, 0.3) is 0 Å². The van der Waals surface area contributed by atoms with Crippen LogP contribution < -0.4 is 0 Å². The van der Waals surface area contributed by atoms with Crippen LogP contribution in [0, 0.1) is 11.8 Å². The van der Waals surface area contributed by atoms with Crippen LogP contribution >= 0.6 is 0 Å². The summed E-state index contributed by atoms with van der Waals surface area (Å²) in [5.41, 5.74) is 0. The molecule has 1 fully saturated rings. The molecular weight excluding hydrogens is 351 g/mol. The Morgan fingerprint density at radius 3 is 2.20 bits per heavy atom. The molecule has 1 saturated heterocycles. The third-order valence-electron chi connectivity index (χ3n) is 5.13. The summed E-state index contributed by atoms with van der Waals surface area (Å²) in [4.78, 5) is 1.97. The minimum absolute atomic E-state index is 0.0369. The van der Waals surface area contributed by atoms with Crippen molar-refractivity contribution < 1.29 is 21.6 Å². The molecule has 3 nitrogen and oxygen atoms in total. The van der Waals surface area contributed by atoms with E-state index in [-0.39, 0.29) is 36.7 Å². The Bertz CT molecular complexity index is 638. The highest BCUT2D eigenvalue weighted by Gasteiger charge is 2.43. The van der Waals surface area contributed by atoms with Gasteiger partial charge >= 0.3 is 6.18 Å². The van der Waals surface area contributed by atoms with E-state index in [0.29, 0.717) is 6.42 Å². The lowest BCUT2D eigenvalue weighted by molar-refractivity contribution is -0.185. The van der Waals surface area contributed by atoms with Crippen molar-refractivity contribution in [3.05, 3.63) is 30.3 Å². The lowest BCUT2D eigenvalue weighted by Crippen LogP contribution is -2.48. The number of hydrogen-bond acceptors (Lipinski definition) is 3. The Hall–Kier alpha value is -1.08. The zero-order valence-electron chi connectivity index (χ0n) is 14.7. The van der Waals surface area contributed by atoms with Gasteiger partial charge in [-0.1, -0.05) is 38.5 Å². The van der Waals surface area contributed by atoms with Crippen molar-refractivity contribution in [3.63, 3.8) is 0 Å². The fraction of sp³-hybridized carbons (Fsp3) is 0.667. The zero-order chi connectivity index (χ0) is 18.7. The number of hydrogen-bond donors (Lipinski definition) is 0. The molecular formula is C18H26F3NO2S. The van der Waals surface area contributed by atoms with Crippen LogP contribution in [0.2, 0.25) is 0 Å². The van der Waals surface area contributed by atoms with Crippen molar-refractivity contribution >= 4 is 9.84 Å². The number of rotatable bonds is 6.